The Balaban J connectivity index is 2.26. The molecule has 1 aromatic carbocycles. The summed E-state index contributed by atoms with van der Waals surface area (Å²) in [6.07, 6.45) is 4.25. The van der Waals surface area contributed by atoms with Crippen molar-refractivity contribution in [3.05, 3.63) is 23.8 Å². The van der Waals surface area contributed by atoms with Crippen LogP contribution in [0, 0.1) is 0 Å². The predicted octanol–water partition coefficient (Wildman–Crippen LogP) is 3.01. The van der Waals surface area contributed by atoms with Gasteiger partial charge >= 0.3 is 0 Å². The van der Waals surface area contributed by atoms with Gasteiger partial charge in [0.25, 0.3) is 0 Å². The molecule has 0 saturated carbocycles. The summed E-state index contributed by atoms with van der Waals surface area (Å²) < 4.78 is 16.5. The molecule has 0 spiro atoms. The van der Waals surface area contributed by atoms with E-state index in [1.807, 2.05) is 13.0 Å². The van der Waals surface area contributed by atoms with Crippen LogP contribution in [0.25, 0.3) is 0 Å². The summed E-state index contributed by atoms with van der Waals surface area (Å²) in [7, 11) is 3.44. The van der Waals surface area contributed by atoms with Crippen LogP contribution in [0.4, 0.5) is 0 Å². The number of aryl methyl sites for hydroxylation is 1. The Morgan fingerprint density at radius 2 is 1.85 bits per heavy atom. The number of unbranched alkanes of at least 4 members (excludes halogenated alkanes) is 1. The number of aliphatic imine (C=N–C) groups is 1. The minimum Gasteiger partial charge on any atom is -0.493 e. The largest absolute Gasteiger partial charge is 0.493 e. The average Bonchev–Trinajstić information content (AvgIpc) is 2.66. The standard InChI is InChI=1S/C20H35N3O3/c1-5-7-14-25-15-13-23-20(21-3)22-12-8-9-17-10-11-18(24-4)19(16-17)26-6-2/h10-11,16H,5-9,12-15H2,1-4H3,(H2,21,22,23). The molecule has 0 aliphatic heterocycles. The number of benzene rings is 1. The van der Waals surface area contributed by atoms with E-state index in [2.05, 4.69) is 34.7 Å². The molecule has 148 valence electrons. The van der Waals surface area contributed by atoms with Crippen LogP contribution in [0.2, 0.25) is 0 Å². The summed E-state index contributed by atoms with van der Waals surface area (Å²) in [6, 6.07) is 6.11. The van der Waals surface area contributed by atoms with Gasteiger partial charge in [-0.25, -0.2) is 0 Å². The highest BCUT2D eigenvalue weighted by atomic mass is 16.5. The number of nitrogens with one attached hydrogen (secondary N) is 2. The van der Waals surface area contributed by atoms with Gasteiger partial charge in [-0.2, -0.15) is 0 Å². The first-order valence-electron chi connectivity index (χ1n) is 9.57. The number of rotatable bonds is 13. The van der Waals surface area contributed by atoms with Crippen molar-refractivity contribution in [3.63, 3.8) is 0 Å². The maximum atomic E-state index is 5.63. The highest BCUT2D eigenvalue weighted by Gasteiger charge is 2.05. The molecule has 6 nitrogen and oxygen atoms in total. The monoisotopic (exact) mass is 365 g/mol. The van der Waals surface area contributed by atoms with E-state index in [9.17, 15) is 0 Å². The molecule has 1 rings (SSSR count). The second-order valence-electron chi connectivity index (χ2n) is 5.91. The zero-order chi connectivity index (χ0) is 19.0. The summed E-state index contributed by atoms with van der Waals surface area (Å²) in [5.74, 6) is 2.40. The fourth-order valence-corrected chi connectivity index (χ4v) is 2.45. The molecule has 0 bridgehead atoms. The second kappa shape index (κ2) is 14.2. The Morgan fingerprint density at radius 1 is 1.04 bits per heavy atom. The SMILES string of the molecule is CCCCOCCNC(=NC)NCCCc1ccc(OC)c(OCC)c1. The van der Waals surface area contributed by atoms with Crippen molar-refractivity contribution in [1.29, 1.82) is 0 Å². The summed E-state index contributed by atoms with van der Waals surface area (Å²) in [5, 5.41) is 6.59. The number of methoxy groups -OCH3 is 1. The minimum atomic E-state index is 0.630. The normalized spacial score (nSPS) is 11.3. The molecule has 0 unspecified atom stereocenters. The Kier molecular flexibility index (Phi) is 12.1. The van der Waals surface area contributed by atoms with Crippen molar-refractivity contribution in [2.24, 2.45) is 4.99 Å². The fourth-order valence-electron chi connectivity index (χ4n) is 2.45. The Morgan fingerprint density at radius 3 is 2.54 bits per heavy atom. The van der Waals surface area contributed by atoms with Crippen LogP contribution in [0.5, 0.6) is 11.5 Å². The molecule has 0 amide bonds. The van der Waals surface area contributed by atoms with E-state index in [4.69, 9.17) is 14.2 Å². The van der Waals surface area contributed by atoms with E-state index >= 15 is 0 Å². The molecule has 6 heteroatoms. The zero-order valence-corrected chi connectivity index (χ0v) is 16.8. The molecule has 0 saturated heterocycles. The van der Waals surface area contributed by atoms with Crippen LogP contribution in [-0.2, 0) is 11.2 Å². The van der Waals surface area contributed by atoms with Gasteiger partial charge in [0, 0.05) is 26.7 Å². The summed E-state index contributed by atoms with van der Waals surface area (Å²) in [6.45, 7) is 7.92. The lowest BCUT2D eigenvalue weighted by molar-refractivity contribution is 0.136. The third-order valence-electron chi connectivity index (χ3n) is 3.87. The molecule has 0 aliphatic carbocycles. The molecular weight excluding hydrogens is 330 g/mol. The van der Waals surface area contributed by atoms with Gasteiger partial charge in [-0.3, -0.25) is 4.99 Å². The summed E-state index contributed by atoms with van der Waals surface area (Å²) >= 11 is 0. The molecule has 0 fully saturated rings. The average molecular weight is 366 g/mol. The van der Waals surface area contributed by atoms with Crippen molar-refractivity contribution >= 4 is 5.96 Å². The number of ether oxygens (including phenoxy) is 3. The quantitative estimate of drug-likeness (QED) is 0.320. The van der Waals surface area contributed by atoms with Crippen molar-refractivity contribution in [1.82, 2.24) is 10.6 Å². The van der Waals surface area contributed by atoms with Crippen molar-refractivity contribution in [2.45, 2.75) is 39.5 Å². The minimum absolute atomic E-state index is 0.630. The second-order valence-corrected chi connectivity index (χ2v) is 5.91. The lowest BCUT2D eigenvalue weighted by Crippen LogP contribution is -2.39. The molecule has 0 aromatic heterocycles. The third kappa shape index (κ3) is 8.94. The van der Waals surface area contributed by atoms with Gasteiger partial charge in [-0.1, -0.05) is 19.4 Å². The molecule has 26 heavy (non-hydrogen) atoms. The van der Waals surface area contributed by atoms with Gasteiger partial charge in [0.15, 0.2) is 17.5 Å². The molecule has 0 aliphatic rings. The van der Waals surface area contributed by atoms with E-state index in [0.717, 1.165) is 62.8 Å². The fraction of sp³-hybridized carbons (Fsp3) is 0.650. The molecule has 0 heterocycles. The maximum Gasteiger partial charge on any atom is 0.191 e. The lowest BCUT2D eigenvalue weighted by atomic mass is 10.1. The van der Waals surface area contributed by atoms with Gasteiger partial charge in [-0.15, -0.1) is 0 Å². The van der Waals surface area contributed by atoms with Crippen molar-refractivity contribution in [2.75, 3.05) is 47.1 Å². The molecule has 0 radical (unpaired) electrons. The number of nitrogens with zero attached hydrogens (tertiary/aromatic N) is 1. The van der Waals surface area contributed by atoms with Gasteiger partial charge in [0.1, 0.15) is 0 Å². The van der Waals surface area contributed by atoms with E-state index in [1.54, 1.807) is 14.2 Å². The maximum absolute atomic E-state index is 5.63. The van der Waals surface area contributed by atoms with Crippen LogP contribution in [0.15, 0.2) is 23.2 Å². The van der Waals surface area contributed by atoms with E-state index in [0.29, 0.717) is 13.2 Å². The van der Waals surface area contributed by atoms with Crippen LogP contribution >= 0.6 is 0 Å². The van der Waals surface area contributed by atoms with Crippen LogP contribution in [-0.4, -0.2) is 53.0 Å². The van der Waals surface area contributed by atoms with Crippen molar-refractivity contribution < 1.29 is 14.2 Å². The molecule has 2 N–H and O–H groups in total. The number of hydrogen-bond acceptors (Lipinski definition) is 4. The van der Waals surface area contributed by atoms with Gasteiger partial charge in [0.2, 0.25) is 0 Å². The smallest absolute Gasteiger partial charge is 0.191 e. The summed E-state index contributed by atoms with van der Waals surface area (Å²) in [4.78, 5) is 4.23. The molecule has 0 atom stereocenters. The first-order valence-corrected chi connectivity index (χ1v) is 9.57. The van der Waals surface area contributed by atoms with Crippen LogP contribution < -0.4 is 20.1 Å². The Labute approximate surface area is 158 Å². The zero-order valence-electron chi connectivity index (χ0n) is 16.8. The van der Waals surface area contributed by atoms with Crippen molar-refractivity contribution in [3.8, 4) is 11.5 Å². The highest BCUT2D eigenvalue weighted by molar-refractivity contribution is 5.79. The number of guanidine groups is 1. The van der Waals surface area contributed by atoms with Gasteiger partial charge in [0.05, 0.1) is 20.3 Å². The Hall–Kier alpha value is -1.95. The third-order valence-corrected chi connectivity index (χ3v) is 3.87. The number of hydrogen-bond donors (Lipinski definition) is 2. The topological polar surface area (TPSA) is 64.1 Å². The first kappa shape index (κ1) is 22.1. The lowest BCUT2D eigenvalue weighted by Gasteiger charge is -2.13. The van der Waals surface area contributed by atoms with Crippen LogP contribution in [0.1, 0.15) is 38.7 Å². The van der Waals surface area contributed by atoms with E-state index in [-0.39, 0.29) is 0 Å². The molecule has 1 aromatic rings. The van der Waals surface area contributed by atoms with Gasteiger partial charge in [-0.05, 0) is 43.9 Å². The van der Waals surface area contributed by atoms with Gasteiger partial charge < -0.3 is 24.8 Å². The Bertz CT molecular complexity index is 521. The predicted molar refractivity (Wildman–Crippen MR) is 108 cm³/mol. The summed E-state index contributed by atoms with van der Waals surface area (Å²) in [5.41, 5.74) is 1.24. The van der Waals surface area contributed by atoms with E-state index in [1.165, 1.54) is 5.56 Å². The van der Waals surface area contributed by atoms with Crippen LogP contribution in [0.3, 0.4) is 0 Å². The van der Waals surface area contributed by atoms with E-state index < -0.39 is 0 Å². The first-order chi connectivity index (χ1) is 12.7. The molecular formula is C20H35N3O3. The highest BCUT2D eigenvalue weighted by Crippen LogP contribution is 2.28.